The van der Waals surface area contributed by atoms with Crippen LogP contribution < -0.4 is 5.32 Å². The second kappa shape index (κ2) is 17.6. The summed E-state index contributed by atoms with van der Waals surface area (Å²) in [6.07, 6.45) is -0.0542. The molecule has 0 unspecified atom stereocenters. The lowest BCUT2D eigenvalue weighted by Crippen LogP contribution is -2.47. The summed E-state index contributed by atoms with van der Waals surface area (Å²) in [4.78, 5) is 55.8. The molecular weight excluding hydrogens is 604 g/mol. The highest BCUT2D eigenvalue weighted by Gasteiger charge is 2.33. The average Bonchev–Trinajstić information content (AvgIpc) is 3.03. The van der Waals surface area contributed by atoms with Gasteiger partial charge in [0.15, 0.2) is 5.78 Å². The highest BCUT2D eigenvalue weighted by Crippen LogP contribution is 2.26. The van der Waals surface area contributed by atoms with Crippen molar-refractivity contribution < 1.29 is 28.7 Å². The predicted octanol–water partition coefficient (Wildman–Crippen LogP) is 7.29. The van der Waals surface area contributed by atoms with Crippen LogP contribution in [0.4, 0.5) is 4.79 Å². The van der Waals surface area contributed by atoms with Gasteiger partial charge < -0.3 is 19.7 Å². The van der Waals surface area contributed by atoms with Gasteiger partial charge in [-0.2, -0.15) is 0 Å². The molecule has 258 valence electrons. The van der Waals surface area contributed by atoms with Crippen LogP contribution in [0.1, 0.15) is 78.0 Å². The van der Waals surface area contributed by atoms with Crippen LogP contribution in [0.2, 0.25) is 0 Å². The Morgan fingerprint density at radius 3 is 1.85 bits per heavy atom. The van der Waals surface area contributed by atoms with Crippen molar-refractivity contribution in [2.45, 2.75) is 91.4 Å². The first-order chi connectivity index (χ1) is 22.6. The largest absolute Gasteiger partial charge is 0.459 e. The molecule has 0 aliphatic heterocycles. The minimum absolute atomic E-state index is 0.0932. The number of esters is 1. The lowest BCUT2D eigenvalue weighted by atomic mass is 9.84. The first-order valence-corrected chi connectivity index (χ1v) is 16.7. The fourth-order valence-corrected chi connectivity index (χ4v) is 5.48. The molecule has 2 amide bonds. The van der Waals surface area contributed by atoms with Gasteiger partial charge in [0.05, 0.1) is 6.54 Å². The van der Waals surface area contributed by atoms with E-state index in [-0.39, 0.29) is 44.2 Å². The van der Waals surface area contributed by atoms with Crippen LogP contribution >= 0.6 is 0 Å². The first-order valence-electron chi connectivity index (χ1n) is 16.7. The number of hydrogen-bond acceptors (Lipinski definition) is 6. The molecule has 3 rings (SSSR count). The number of amides is 2. The molecule has 0 spiro atoms. The summed E-state index contributed by atoms with van der Waals surface area (Å²) in [5.41, 5.74) is 1.50. The van der Waals surface area contributed by atoms with Crippen LogP contribution in [-0.4, -0.2) is 53.4 Å². The van der Waals surface area contributed by atoms with Crippen LogP contribution in [0.15, 0.2) is 91.0 Å². The Bertz CT molecular complexity index is 1470. The summed E-state index contributed by atoms with van der Waals surface area (Å²) in [6.45, 7) is 13.4. The number of nitrogens with one attached hydrogen (secondary N) is 1. The SMILES string of the molecule is CC(C)C[C@@H](NC(=O)[C@H](CC(=O)CN(CC(C)(C)c1ccccc1)C(=O)OC(C)(C)C)Cc1ccccc1)C(=O)OCc1ccccc1. The average molecular weight is 657 g/mol. The minimum atomic E-state index is -0.875. The standard InChI is InChI=1S/C40H52N2O6/c1-29(2)23-35(37(45)47-27-31-19-13-9-14-20-31)41-36(44)32(24-30-17-11-8-12-18-30)25-34(43)26-42(38(46)48-39(3,4)5)28-40(6,7)33-21-15-10-16-22-33/h8-22,29,32,35H,23-28H2,1-7H3,(H,41,44)/t32-,35+/m0/s1. The van der Waals surface area contributed by atoms with Crippen LogP contribution in [-0.2, 0) is 42.3 Å². The van der Waals surface area contributed by atoms with Gasteiger partial charge in [-0.1, -0.05) is 119 Å². The van der Waals surface area contributed by atoms with Crippen molar-refractivity contribution in [1.82, 2.24) is 10.2 Å². The van der Waals surface area contributed by atoms with E-state index < -0.39 is 40.9 Å². The molecule has 0 radical (unpaired) electrons. The third-order valence-corrected chi connectivity index (χ3v) is 7.86. The molecule has 0 aliphatic carbocycles. The molecule has 3 aromatic carbocycles. The van der Waals surface area contributed by atoms with Crippen molar-refractivity contribution in [3.05, 3.63) is 108 Å². The molecule has 0 heterocycles. The van der Waals surface area contributed by atoms with Gasteiger partial charge in [0.1, 0.15) is 18.2 Å². The lowest BCUT2D eigenvalue weighted by molar-refractivity contribution is -0.150. The van der Waals surface area contributed by atoms with Gasteiger partial charge in [0.2, 0.25) is 5.91 Å². The van der Waals surface area contributed by atoms with Gasteiger partial charge in [-0.15, -0.1) is 0 Å². The van der Waals surface area contributed by atoms with Gasteiger partial charge in [-0.25, -0.2) is 9.59 Å². The van der Waals surface area contributed by atoms with E-state index in [0.29, 0.717) is 6.42 Å². The molecule has 0 aromatic heterocycles. The molecule has 48 heavy (non-hydrogen) atoms. The predicted molar refractivity (Wildman–Crippen MR) is 188 cm³/mol. The summed E-state index contributed by atoms with van der Waals surface area (Å²) in [6, 6.07) is 27.7. The smallest absolute Gasteiger partial charge is 0.410 e. The maximum absolute atomic E-state index is 13.9. The van der Waals surface area contributed by atoms with Crippen molar-refractivity contribution in [2.24, 2.45) is 11.8 Å². The van der Waals surface area contributed by atoms with Crippen LogP contribution in [0.5, 0.6) is 0 Å². The Labute approximate surface area is 286 Å². The highest BCUT2D eigenvalue weighted by atomic mass is 16.6. The monoisotopic (exact) mass is 656 g/mol. The fourth-order valence-electron chi connectivity index (χ4n) is 5.48. The number of nitrogens with zero attached hydrogens (tertiary/aromatic N) is 1. The lowest BCUT2D eigenvalue weighted by Gasteiger charge is -2.34. The Morgan fingerprint density at radius 2 is 1.31 bits per heavy atom. The molecule has 8 nitrogen and oxygen atoms in total. The fraction of sp³-hybridized carbons (Fsp3) is 0.450. The van der Waals surface area contributed by atoms with Crippen molar-refractivity contribution in [1.29, 1.82) is 0 Å². The summed E-state index contributed by atoms with van der Waals surface area (Å²) < 4.78 is 11.3. The zero-order valence-corrected chi connectivity index (χ0v) is 29.5. The van der Waals surface area contributed by atoms with Crippen molar-refractivity contribution in [3.63, 3.8) is 0 Å². The topological polar surface area (TPSA) is 102 Å². The van der Waals surface area contributed by atoms with Crippen molar-refractivity contribution in [2.75, 3.05) is 13.1 Å². The van der Waals surface area contributed by atoms with Gasteiger partial charge >= 0.3 is 12.1 Å². The maximum Gasteiger partial charge on any atom is 0.410 e. The molecule has 1 N–H and O–H groups in total. The zero-order chi connectivity index (χ0) is 35.3. The molecule has 0 saturated heterocycles. The summed E-state index contributed by atoms with van der Waals surface area (Å²) in [5.74, 6) is -1.90. The van der Waals surface area contributed by atoms with Crippen molar-refractivity contribution in [3.8, 4) is 0 Å². The molecule has 0 fully saturated rings. The number of ether oxygens (including phenoxy) is 2. The second-order valence-electron chi connectivity index (χ2n) is 14.5. The number of carbonyl (C=O) groups excluding carboxylic acids is 4. The van der Waals surface area contributed by atoms with E-state index in [1.165, 1.54) is 4.90 Å². The van der Waals surface area contributed by atoms with Crippen LogP contribution in [0.3, 0.4) is 0 Å². The zero-order valence-electron chi connectivity index (χ0n) is 29.5. The Kier molecular flexibility index (Phi) is 13.9. The van der Waals surface area contributed by atoms with E-state index in [2.05, 4.69) is 5.32 Å². The van der Waals surface area contributed by atoms with E-state index in [0.717, 1.165) is 16.7 Å². The molecule has 0 aliphatic rings. The van der Waals surface area contributed by atoms with E-state index in [1.807, 2.05) is 119 Å². The molecule has 2 atom stereocenters. The quantitative estimate of drug-likeness (QED) is 0.163. The minimum Gasteiger partial charge on any atom is -0.459 e. The van der Waals surface area contributed by atoms with Crippen LogP contribution in [0.25, 0.3) is 0 Å². The Morgan fingerprint density at radius 1 is 0.771 bits per heavy atom. The number of hydrogen-bond donors (Lipinski definition) is 1. The molecule has 8 heteroatoms. The van der Waals surface area contributed by atoms with E-state index >= 15 is 0 Å². The molecule has 0 saturated carbocycles. The molecular formula is C40H52N2O6. The van der Waals surface area contributed by atoms with E-state index in [4.69, 9.17) is 9.47 Å². The number of ketones is 1. The highest BCUT2D eigenvalue weighted by molar-refractivity contribution is 5.91. The summed E-state index contributed by atoms with van der Waals surface area (Å²) >= 11 is 0. The van der Waals surface area contributed by atoms with Crippen LogP contribution in [0, 0.1) is 11.8 Å². The van der Waals surface area contributed by atoms with Gasteiger partial charge in [-0.3, -0.25) is 9.59 Å². The third kappa shape index (κ3) is 13.0. The Hall–Kier alpha value is -4.46. The third-order valence-electron chi connectivity index (χ3n) is 7.86. The number of carbonyl (C=O) groups is 4. The van der Waals surface area contributed by atoms with Crippen molar-refractivity contribution >= 4 is 23.8 Å². The van der Waals surface area contributed by atoms with E-state index in [9.17, 15) is 19.2 Å². The van der Waals surface area contributed by atoms with E-state index in [1.54, 1.807) is 20.8 Å². The summed E-state index contributed by atoms with van der Waals surface area (Å²) in [5, 5.41) is 2.91. The molecule has 3 aromatic rings. The number of rotatable bonds is 16. The summed E-state index contributed by atoms with van der Waals surface area (Å²) in [7, 11) is 0. The number of benzene rings is 3. The molecule has 0 bridgehead atoms. The normalized spacial score (nSPS) is 12.9. The van der Waals surface area contributed by atoms with Gasteiger partial charge in [0.25, 0.3) is 0 Å². The van der Waals surface area contributed by atoms with Gasteiger partial charge in [0, 0.05) is 24.3 Å². The first kappa shape index (κ1) is 38.0. The van der Waals surface area contributed by atoms with Gasteiger partial charge in [-0.05, 0) is 56.2 Å². The maximum atomic E-state index is 13.9. The number of Topliss-reactive ketones (excluding diaryl/α,β-unsaturated/α-hetero) is 1. The second-order valence-corrected chi connectivity index (χ2v) is 14.5. The Balaban J connectivity index is 1.81.